The van der Waals surface area contributed by atoms with Gasteiger partial charge >= 0.3 is 0 Å². The lowest BCUT2D eigenvalue weighted by Gasteiger charge is -2.33. The van der Waals surface area contributed by atoms with E-state index in [4.69, 9.17) is 0 Å². The summed E-state index contributed by atoms with van der Waals surface area (Å²) >= 11 is 0. The Morgan fingerprint density at radius 1 is 1.40 bits per heavy atom. The minimum absolute atomic E-state index is 0.682. The van der Waals surface area contributed by atoms with Crippen molar-refractivity contribution < 1.29 is 0 Å². The van der Waals surface area contributed by atoms with Crippen molar-refractivity contribution in [3.8, 4) is 0 Å². The maximum absolute atomic E-state index is 3.40. The minimum atomic E-state index is 0.682. The van der Waals surface area contributed by atoms with Gasteiger partial charge in [-0.25, -0.2) is 0 Å². The fourth-order valence-electron chi connectivity index (χ4n) is 1.61. The molecule has 1 fully saturated rings. The first kappa shape index (κ1) is 8.02. The van der Waals surface area contributed by atoms with Gasteiger partial charge < -0.3 is 10.6 Å². The molecule has 1 aliphatic rings. The molecule has 0 aliphatic carbocycles. The van der Waals surface area contributed by atoms with Crippen molar-refractivity contribution in [1.29, 1.82) is 0 Å². The monoisotopic (exact) mass is 142 g/mol. The Kier molecular flexibility index (Phi) is 2.69. The molecule has 0 radical (unpaired) electrons. The molecular weight excluding hydrogens is 124 g/mol. The van der Waals surface area contributed by atoms with Crippen LogP contribution in [-0.2, 0) is 0 Å². The zero-order valence-electron chi connectivity index (χ0n) is 7.15. The zero-order valence-corrected chi connectivity index (χ0v) is 7.15. The fourth-order valence-corrected chi connectivity index (χ4v) is 1.61. The van der Waals surface area contributed by atoms with Crippen molar-refractivity contribution in [3.63, 3.8) is 0 Å². The summed E-state index contributed by atoms with van der Waals surface area (Å²) in [5.74, 6) is 1.59. The van der Waals surface area contributed by atoms with Crippen LogP contribution in [0.5, 0.6) is 0 Å². The molecule has 1 rings (SSSR count). The van der Waals surface area contributed by atoms with Crippen LogP contribution in [-0.4, -0.2) is 19.3 Å². The quantitative estimate of drug-likeness (QED) is 0.566. The SMILES string of the molecule is CC(C)C1CNCNC1C. The molecule has 2 nitrogen and oxygen atoms in total. The van der Waals surface area contributed by atoms with E-state index in [9.17, 15) is 0 Å². The molecule has 2 atom stereocenters. The van der Waals surface area contributed by atoms with Gasteiger partial charge in [-0.3, -0.25) is 0 Å². The van der Waals surface area contributed by atoms with Crippen LogP contribution in [0.25, 0.3) is 0 Å². The third-order valence-electron chi connectivity index (χ3n) is 2.43. The molecule has 2 heteroatoms. The van der Waals surface area contributed by atoms with E-state index < -0.39 is 0 Å². The maximum Gasteiger partial charge on any atom is 0.0456 e. The van der Waals surface area contributed by atoms with Gasteiger partial charge in [0.1, 0.15) is 0 Å². The molecule has 0 spiro atoms. The predicted molar refractivity (Wildman–Crippen MR) is 43.8 cm³/mol. The molecule has 0 saturated carbocycles. The molecule has 0 aromatic carbocycles. The van der Waals surface area contributed by atoms with Gasteiger partial charge in [0, 0.05) is 19.3 Å². The fraction of sp³-hybridized carbons (Fsp3) is 1.00. The van der Waals surface area contributed by atoms with Crippen molar-refractivity contribution in [2.45, 2.75) is 26.8 Å². The number of rotatable bonds is 1. The van der Waals surface area contributed by atoms with Crippen LogP contribution < -0.4 is 10.6 Å². The summed E-state index contributed by atoms with van der Waals surface area (Å²) in [6, 6.07) is 0.682. The molecule has 0 amide bonds. The lowest BCUT2D eigenvalue weighted by Crippen LogP contribution is -2.51. The second kappa shape index (κ2) is 3.35. The Hall–Kier alpha value is -0.0800. The summed E-state index contributed by atoms with van der Waals surface area (Å²) in [4.78, 5) is 0. The molecule has 0 aromatic heterocycles. The number of hydrogen-bond donors (Lipinski definition) is 2. The predicted octanol–water partition coefficient (Wildman–Crippen LogP) is 0.797. The highest BCUT2D eigenvalue weighted by molar-refractivity contribution is 4.80. The van der Waals surface area contributed by atoms with E-state index in [0.717, 1.165) is 18.5 Å². The molecule has 1 saturated heterocycles. The summed E-state index contributed by atoms with van der Waals surface area (Å²) in [7, 11) is 0. The lowest BCUT2D eigenvalue weighted by atomic mass is 9.88. The average Bonchev–Trinajstić information content (AvgIpc) is 1.88. The van der Waals surface area contributed by atoms with Gasteiger partial charge in [0.25, 0.3) is 0 Å². The molecule has 2 unspecified atom stereocenters. The lowest BCUT2D eigenvalue weighted by molar-refractivity contribution is 0.234. The Morgan fingerprint density at radius 3 is 2.50 bits per heavy atom. The molecule has 1 heterocycles. The Labute approximate surface area is 63.4 Å². The second-order valence-electron chi connectivity index (χ2n) is 3.53. The summed E-state index contributed by atoms with van der Waals surface area (Å²) in [5, 5.41) is 6.74. The van der Waals surface area contributed by atoms with E-state index in [-0.39, 0.29) is 0 Å². The van der Waals surface area contributed by atoms with Crippen LogP contribution in [0.3, 0.4) is 0 Å². The molecular formula is C8H18N2. The van der Waals surface area contributed by atoms with E-state index in [1.807, 2.05) is 0 Å². The topological polar surface area (TPSA) is 24.1 Å². The number of hydrogen-bond acceptors (Lipinski definition) is 2. The van der Waals surface area contributed by atoms with Crippen LogP contribution in [0.1, 0.15) is 20.8 Å². The standard InChI is InChI=1S/C8H18N2/c1-6(2)8-4-9-5-10-7(8)3/h6-10H,4-5H2,1-3H3. The summed E-state index contributed by atoms with van der Waals surface area (Å²) in [6.07, 6.45) is 0. The van der Waals surface area contributed by atoms with Gasteiger partial charge in [-0.05, 0) is 18.8 Å². The van der Waals surface area contributed by atoms with Crippen molar-refractivity contribution in [1.82, 2.24) is 10.6 Å². The first-order valence-electron chi connectivity index (χ1n) is 4.16. The Balaban J connectivity index is 2.40. The molecule has 10 heavy (non-hydrogen) atoms. The molecule has 60 valence electrons. The normalized spacial score (nSPS) is 34.8. The van der Waals surface area contributed by atoms with Crippen LogP contribution in [0.15, 0.2) is 0 Å². The van der Waals surface area contributed by atoms with Crippen LogP contribution in [0.2, 0.25) is 0 Å². The third-order valence-corrected chi connectivity index (χ3v) is 2.43. The van der Waals surface area contributed by atoms with Crippen LogP contribution in [0.4, 0.5) is 0 Å². The van der Waals surface area contributed by atoms with Crippen LogP contribution >= 0.6 is 0 Å². The van der Waals surface area contributed by atoms with Crippen LogP contribution in [0, 0.1) is 11.8 Å². The van der Waals surface area contributed by atoms with Gasteiger partial charge in [-0.2, -0.15) is 0 Å². The highest BCUT2D eigenvalue weighted by Crippen LogP contribution is 2.15. The van der Waals surface area contributed by atoms with Gasteiger partial charge in [0.2, 0.25) is 0 Å². The van der Waals surface area contributed by atoms with Crippen molar-refractivity contribution >= 4 is 0 Å². The maximum atomic E-state index is 3.40. The Morgan fingerprint density at radius 2 is 2.10 bits per heavy atom. The van der Waals surface area contributed by atoms with E-state index in [0.29, 0.717) is 6.04 Å². The highest BCUT2D eigenvalue weighted by atomic mass is 15.1. The Bertz CT molecular complexity index is 101. The summed E-state index contributed by atoms with van der Waals surface area (Å²) in [6.45, 7) is 8.99. The van der Waals surface area contributed by atoms with E-state index in [2.05, 4.69) is 31.4 Å². The smallest absolute Gasteiger partial charge is 0.0456 e. The van der Waals surface area contributed by atoms with E-state index in [1.165, 1.54) is 6.54 Å². The van der Waals surface area contributed by atoms with Gasteiger partial charge in [-0.15, -0.1) is 0 Å². The largest absolute Gasteiger partial charge is 0.304 e. The molecule has 1 aliphatic heterocycles. The molecule has 2 N–H and O–H groups in total. The molecule has 0 aromatic rings. The summed E-state index contributed by atoms with van der Waals surface area (Å²) in [5.41, 5.74) is 0. The third kappa shape index (κ3) is 1.70. The van der Waals surface area contributed by atoms with E-state index in [1.54, 1.807) is 0 Å². The average molecular weight is 142 g/mol. The van der Waals surface area contributed by atoms with Crippen molar-refractivity contribution in [2.24, 2.45) is 11.8 Å². The minimum Gasteiger partial charge on any atom is -0.304 e. The van der Waals surface area contributed by atoms with Crippen molar-refractivity contribution in [3.05, 3.63) is 0 Å². The molecule has 0 bridgehead atoms. The second-order valence-corrected chi connectivity index (χ2v) is 3.53. The summed E-state index contributed by atoms with van der Waals surface area (Å²) < 4.78 is 0. The first-order valence-corrected chi connectivity index (χ1v) is 4.16. The van der Waals surface area contributed by atoms with Crippen molar-refractivity contribution in [2.75, 3.05) is 13.2 Å². The highest BCUT2D eigenvalue weighted by Gasteiger charge is 2.22. The first-order chi connectivity index (χ1) is 4.72. The van der Waals surface area contributed by atoms with Gasteiger partial charge in [-0.1, -0.05) is 13.8 Å². The van der Waals surface area contributed by atoms with Gasteiger partial charge in [0.15, 0.2) is 0 Å². The zero-order chi connectivity index (χ0) is 7.56. The van der Waals surface area contributed by atoms with E-state index >= 15 is 0 Å². The van der Waals surface area contributed by atoms with Gasteiger partial charge in [0.05, 0.1) is 0 Å². The number of nitrogens with one attached hydrogen (secondary N) is 2.